The fourth-order valence-electron chi connectivity index (χ4n) is 1.60. The van der Waals surface area contributed by atoms with Gasteiger partial charge in [0.1, 0.15) is 12.2 Å². The second-order valence-electron chi connectivity index (χ2n) is 3.73. The van der Waals surface area contributed by atoms with Gasteiger partial charge in [-0.3, -0.25) is 5.10 Å². The van der Waals surface area contributed by atoms with Crippen LogP contribution >= 0.6 is 11.8 Å². The minimum Gasteiger partial charge on any atom is -0.459 e. The van der Waals surface area contributed by atoms with E-state index in [0.717, 1.165) is 11.8 Å². The molecule has 0 amide bonds. The Hall–Kier alpha value is -0.800. The number of hydrogen-bond donors (Lipinski definition) is 5. The number of aliphatic hydroxyl groups excluding tert-OH is 4. The van der Waals surface area contributed by atoms with Gasteiger partial charge in [-0.15, -0.1) is 16.9 Å². The molecule has 1 fully saturated rings. The highest BCUT2D eigenvalue weighted by molar-refractivity contribution is 8.00. The lowest BCUT2D eigenvalue weighted by Crippen LogP contribution is -2.55. The van der Waals surface area contributed by atoms with Crippen LogP contribution in [0.25, 0.3) is 0 Å². The maximum Gasteiger partial charge on any atom is 0.233 e. The Bertz CT molecular complexity index is 347. The molecule has 0 spiro atoms. The van der Waals surface area contributed by atoms with Crippen LogP contribution < -0.4 is 4.74 Å². The zero-order valence-electron chi connectivity index (χ0n) is 8.80. The van der Waals surface area contributed by atoms with Crippen molar-refractivity contribution >= 4 is 11.8 Å². The number of hydrogen-bond acceptors (Lipinski definition) is 7. The molecule has 0 aromatic carbocycles. The van der Waals surface area contributed by atoms with Gasteiger partial charge in [0.05, 0.1) is 18.0 Å². The van der Waals surface area contributed by atoms with Gasteiger partial charge in [0, 0.05) is 12.3 Å². The summed E-state index contributed by atoms with van der Waals surface area (Å²) in [6.07, 6.45) is -2.21. The third kappa shape index (κ3) is 2.55. The van der Waals surface area contributed by atoms with E-state index in [2.05, 4.69) is 10.2 Å². The minimum atomic E-state index is -1.35. The van der Waals surface area contributed by atoms with E-state index in [1.54, 1.807) is 12.3 Å². The SMILES string of the molecule is OC[C@H]1S[C@@H](Oc2cc[nH]n2)[C@H](O)[C@@H](O)[C@@H]1O. The van der Waals surface area contributed by atoms with E-state index in [4.69, 9.17) is 9.84 Å². The van der Waals surface area contributed by atoms with Crippen molar-refractivity contribution in [2.24, 2.45) is 0 Å². The summed E-state index contributed by atoms with van der Waals surface area (Å²) >= 11 is 1.06. The number of thioether (sulfide) groups is 1. The van der Waals surface area contributed by atoms with E-state index < -0.39 is 29.0 Å². The quantitative estimate of drug-likeness (QED) is 0.441. The first kappa shape index (κ1) is 12.7. The molecule has 1 aromatic heterocycles. The summed E-state index contributed by atoms with van der Waals surface area (Å²) in [7, 11) is 0. The number of aromatic amines is 1. The average Bonchev–Trinajstić information content (AvgIpc) is 2.83. The summed E-state index contributed by atoms with van der Waals surface area (Å²) in [5.41, 5.74) is -0.783. The van der Waals surface area contributed by atoms with Crippen molar-refractivity contribution in [3.63, 3.8) is 0 Å². The summed E-state index contributed by atoms with van der Waals surface area (Å²) < 4.78 is 5.35. The third-order valence-electron chi connectivity index (χ3n) is 2.56. The summed E-state index contributed by atoms with van der Waals surface area (Å²) in [4.78, 5) is 0. The third-order valence-corrected chi connectivity index (χ3v) is 3.98. The van der Waals surface area contributed by atoms with Crippen LogP contribution in [0.1, 0.15) is 0 Å². The Kier molecular flexibility index (Phi) is 3.89. The van der Waals surface area contributed by atoms with Crippen LogP contribution in [0.4, 0.5) is 0 Å². The Morgan fingerprint density at radius 1 is 1.29 bits per heavy atom. The van der Waals surface area contributed by atoms with Crippen LogP contribution in [-0.2, 0) is 0 Å². The molecule has 0 radical (unpaired) electrons. The molecule has 0 unspecified atom stereocenters. The Balaban J connectivity index is 2.06. The van der Waals surface area contributed by atoms with E-state index in [9.17, 15) is 15.3 Å². The first-order chi connectivity index (χ1) is 8.13. The molecule has 96 valence electrons. The standard InChI is InChI=1S/C9H14N2O5S/c12-3-4-6(13)7(14)8(15)9(17-4)16-5-1-2-10-11-5/h1-2,4,6-9,12-15H,3H2,(H,10,11)/t4-,6-,7+,8-,9-/m1/s1. The van der Waals surface area contributed by atoms with Crippen molar-refractivity contribution in [1.29, 1.82) is 0 Å². The maximum atomic E-state index is 9.74. The number of aromatic nitrogens is 2. The molecule has 8 heteroatoms. The zero-order chi connectivity index (χ0) is 12.4. The lowest BCUT2D eigenvalue weighted by molar-refractivity contribution is -0.0914. The molecule has 17 heavy (non-hydrogen) atoms. The maximum absolute atomic E-state index is 9.74. The normalized spacial score (nSPS) is 38.0. The highest BCUT2D eigenvalue weighted by Crippen LogP contribution is 2.33. The van der Waals surface area contributed by atoms with E-state index in [1.165, 1.54) is 0 Å². The number of rotatable bonds is 3. The van der Waals surface area contributed by atoms with Gasteiger partial charge in [-0.25, -0.2) is 0 Å². The first-order valence-electron chi connectivity index (χ1n) is 5.10. The van der Waals surface area contributed by atoms with Crippen LogP contribution in [0.2, 0.25) is 0 Å². The smallest absolute Gasteiger partial charge is 0.233 e. The highest BCUT2D eigenvalue weighted by atomic mass is 32.2. The van der Waals surface area contributed by atoms with Crippen molar-refractivity contribution in [2.75, 3.05) is 6.61 Å². The molecular formula is C9H14N2O5S. The Morgan fingerprint density at radius 3 is 2.65 bits per heavy atom. The molecule has 0 saturated carbocycles. The molecule has 5 N–H and O–H groups in total. The molecule has 2 rings (SSSR count). The largest absolute Gasteiger partial charge is 0.459 e. The van der Waals surface area contributed by atoms with E-state index in [0.29, 0.717) is 0 Å². The predicted molar refractivity (Wildman–Crippen MR) is 59.5 cm³/mol. The fraction of sp³-hybridized carbons (Fsp3) is 0.667. The van der Waals surface area contributed by atoms with E-state index in [-0.39, 0.29) is 12.5 Å². The molecule has 0 aliphatic carbocycles. The van der Waals surface area contributed by atoms with Gasteiger partial charge in [-0.1, -0.05) is 0 Å². The van der Waals surface area contributed by atoms with Gasteiger partial charge in [0.2, 0.25) is 5.88 Å². The number of aliphatic hydroxyl groups is 4. The van der Waals surface area contributed by atoms with Crippen molar-refractivity contribution < 1.29 is 25.2 Å². The van der Waals surface area contributed by atoms with Crippen molar-refractivity contribution in [3.8, 4) is 5.88 Å². The Labute approximate surface area is 101 Å². The number of ether oxygens (including phenoxy) is 1. The summed E-state index contributed by atoms with van der Waals surface area (Å²) in [6, 6.07) is 1.57. The monoisotopic (exact) mass is 262 g/mol. The summed E-state index contributed by atoms with van der Waals surface area (Å²) in [6.45, 7) is -0.309. The zero-order valence-corrected chi connectivity index (χ0v) is 9.62. The van der Waals surface area contributed by atoms with Crippen LogP contribution in [-0.4, -0.2) is 66.2 Å². The molecular weight excluding hydrogens is 248 g/mol. The van der Waals surface area contributed by atoms with E-state index >= 15 is 0 Å². The number of nitrogens with zero attached hydrogens (tertiary/aromatic N) is 1. The molecule has 5 atom stereocenters. The van der Waals surface area contributed by atoms with Crippen LogP contribution in [0.15, 0.2) is 12.3 Å². The second kappa shape index (κ2) is 5.23. The first-order valence-corrected chi connectivity index (χ1v) is 6.04. The van der Waals surface area contributed by atoms with Gasteiger partial charge in [0.25, 0.3) is 0 Å². The van der Waals surface area contributed by atoms with E-state index in [1.807, 2.05) is 0 Å². The fourth-order valence-corrected chi connectivity index (χ4v) is 2.82. The predicted octanol–water partition coefficient (Wildman–Crippen LogP) is -1.70. The number of nitrogens with one attached hydrogen (secondary N) is 1. The minimum absolute atomic E-state index is 0.279. The number of H-pyrrole nitrogens is 1. The van der Waals surface area contributed by atoms with Gasteiger partial charge < -0.3 is 25.2 Å². The van der Waals surface area contributed by atoms with Gasteiger partial charge in [-0.05, 0) is 0 Å². The highest BCUT2D eigenvalue weighted by Gasteiger charge is 2.44. The topological polar surface area (TPSA) is 119 Å². The molecule has 0 bridgehead atoms. The molecule has 7 nitrogen and oxygen atoms in total. The van der Waals surface area contributed by atoms with Crippen LogP contribution in [0.3, 0.4) is 0 Å². The molecule has 2 heterocycles. The van der Waals surface area contributed by atoms with Crippen LogP contribution in [0.5, 0.6) is 5.88 Å². The van der Waals surface area contributed by atoms with Crippen molar-refractivity contribution in [2.45, 2.75) is 29.0 Å². The molecule has 1 saturated heterocycles. The average molecular weight is 262 g/mol. The van der Waals surface area contributed by atoms with Crippen molar-refractivity contribution in [1.82, 2.24) is 10.2 Å². The lowest BCUT2D eigenvalue weighted by Gasteiger charge is -2.38. The Morgan fingerprint density at radius 2 is 2.06 bits per heavy atom. The van der Waals surface area contributed by atoms with Gasteiger partial charge >= 0.3 is 0 Å². The molecule has 1 aliphatic rings. The summed E-state index contributed by atoms with van der Waals surface area (Å²) in [5.74, 6) is 0.279. The molecule has 1 aliphatic heterocycles. The van der Waals surface area contributed by atoms with Crippen LogP contribution in [0, 0.1) is 0 Å². The summed E-state index contributed by atoms with van der Waals surface area (Å²) in [5, 5.41) is 43.7. The molecule has 1 aromatic rings. The van der Waals surface area contributed by atoms with Crippen molar-refractivity contribution in [3.05, 3.63) is 12.3 Å². The second-order valence-corrected chi connectivity index (χ2v) is 5.07. The van der Waals surface area contributed by atoms with Gasteiger partial charge in [0.15, 0.2) is 5.44 Å². The van der Waals surface area contributed by atoms with Gasteiger partial charge in [-0.2, -0.15) is 0 Å². The lowest BCUT2D eigenvalue weighted by atomic mass is 10.0.